The van der Waals surface area contributed by atoms with Crippen LogP contribution in [0.15, 0.2) is 0 Å². The molecule has 0 aromatic rings. The minimum absolute atomic E-state index is 0.0324. The van der Waals surface area contributed by atoms with Crippen molar-refractivity contribution in [1.29, 1.82) is 0 Å². The largest absolute Gasteiger partial charge is 0.466 e. The van der Waals surface area contributed by atoms with Gasteiger partial charge in [0.25, 0.3) is 0 Å². The zero-order valence-corrected chi connectivity index (χ0v) is 18.1. The Morgan fingerprint density at radius 1 is 0.966 bits per heavy atom. The molecule has 2 aliphatic heterocycles. The average Bonchev–Trinajstić information content (AvgIpc) is 2.69. The molecule has 2 aliphatic rings. The Hall–Kier alpha value is -1.16. The highest BCUT2D eigenvalue weighted by molar-refractivity contribution is 6.45. The molecular formula is C18H35B2FN2O6. The normalized spacial score (nSPS) is 20.2. The molecule has 0 saturated carbocycles. The van der Waals surface area contributed by atoms with Crippen LogP contribution in [0.5, 0.6) is 0 Å². The molecule has 0 radical (unpaired) electrons. The standard InChI is InChI=1S/C9H17BFNO3.C9H18BNO3/c1-3-15-8(13)9(11)4-6-12(7-5-9)10(2)14;1-3-14-9(12)8-4-6-11(7-5-8)10(2)13/h14H,3-7H2,1-2H3;8,13H,3-7H2,1-2H3. The minimum Gasteiger partial charge on any atom is -0.466 e. The Morgan fingerprint density at radius 2 is 1.41 bits per heavy atom. The van der Waals surface area contributed by atoms with E-state index in [9.17, 15) is 24.0 Å². The van der Waals surface area contributed by atoms with Gasteiger partial charge in [-0.2, -0.15) is 0 Å². The van der Waals surface area contributed by atoms with Crippen molar-refractivity contribution in [3.8, 4) is 0 Å². The number of hydrogen-bond acceptors (Lipinski definition) is 8. The summed E-state index contributed by atoms with van der Waals surface area (Å²) in [6, 6.07) is 0. The van der Waals surface area contributed by atoms with Crippen LogP contribution in [0.4, 0.5) is 4.39 Å². The van der Waals surface area contributed by atoms with E-state index in [1.807, 2.05) is 11.7 Å². The van der Waals surface area contributed by atoms with Crippen LogP contribution in [-0.4, -0.2) is 90.8 Å². The molecule has 0 atom stereocenters. The number of esters is 2. The predicted molar refractivity (Wildman–Crippen MR) is 110 cm³/mol. The quantitative estimate of drug-likeness (QED) is 0.486. The average molecular weight is 416 g/mol. The van der Waals surface area contributed by atoms with Crippen molar-refractivity contribution in [3.63, 3.8) is 0 Å². The summed E-state index contributed by atoms with van der Waals surface area (Å²) in [5.74, 6) is -0.821. The summed E-state index contributed by atoms with van der Waals surface area (Å²) in [5.41, 5.74) is -1.86. The molecule has 0 amide bonds. The van der Waals surface area contributed by atoms with Gasteiger partial charge in [0.15, 0.2) is 0 Å². The molecule has 0 unspecified atom stereocenters. The first kappa shape index (κ1) is 25.9. The van der Waals surface area contributed by atoms with Crippen LogP contribution >= 0.6 is 0 Å². The second kappa shape index (κ2) is 12.5. The molecule has 0 aliphatic carbocycles. The van der Waals surface area contributed by atoms with E-state index in [1.165, 1.54) is 0 Å². The summed E-state index contributed by atoms with van der Waals surface area (Å²) in [4.78, 5) is 26.4. The van der Waals surface area contributed by atoms with Gasteiger partial charge >= 0.3 is 26.0 Å². The topological polar surface area (TPSA) is 99.5 Å². The molecule has 0 spiro atoms. The smallest absolute Gasteiger partial charge is 0.376 e. The van der Waals surface area contributed by atoms with Crippen LogP contribution in [-0.2, 0) is 19.1 Å². The van der Waals surface area contributed by atoms with Crippen molar-refractivity contribution in [2.24, 2.45) is 5.92 Å². The van der Waals surface area contributed by atoms with Gasteiger partial charge in [-0.15, -0.1) is 0 Å². The van der Waals surface area contributed by atoms with Crippen molar-refractivity contribution >= 4 is 26.0 Å². The number of halogens is 1. The van der Waals surface area contributed by atoms with Gasteiger partial charge in [-0.3, -0.25) is 4.79 Å². The van der Waals surface area contributed by atoms with E-state index in [0.717, 1.165) is 25.9 Å². The number of ether oxygens (including phenoxy) is 2. The first-order valence-electron chi connectivity index (χ1n) is 10.5. The monoisotopic (exact) mass is 416 g/mol. The number of piperidine rings is 2. The van der Waals surface area contributed by atoms with Gasteiger partial charge in [-0.1, -0.05) is 0 Å². The Balaban J connectivity index is 0.000000291. The van der Waals surface area contributed by atoms with Crippen molar-refractivity contribution in [2.45, 2.75) is 58.8 Å². The van der Waals surface area contributed by atoms with Crippen molar-refractivity contribution < 1.29 is 33.5 Å². The third-order valence-corrected chi connectivity index (χ3v) is 5.44. The number of rotatable bonds is 6. The Bertz CT molecular complexity index is 511. The fraction of sp³-hybridized carbons (Fsp3) is 0.889. The molecule has 8 nitrogen and oxygen atoms in total. The number of carbonyl (C=O) groups excluding carboxylic acids is 2. The highest BCUT2D eigenvalue weighted by Gasteiger charge is 2.44. The first-order chi connectivity index (χ1) is 13.6. The summed E-state index contributed by atoms with van der Waals surface area (Å²) < 4.78 is 23.6. The SMILES string of the molecule is CCOC(=O)C1(F)CCN(B(C)O)CC1.CCOC(=O)C1CCN(B(C)O)CC1. The van der Waals surface area contributed by atoms with Crippen LogP contribution in [0.2, 0.25) is 13.6 Å². The molecule has 0 bridgehead atoms. The molecule has 2 fully saturated rings. The lowest BCUT2D eigenvalue weighted by molar-refractivity contribution is -0.160. The third-order valence-electron chi connectivity index (χ3n) is 5.44. The lowest BCUT2D eigenvalue weighted by atomic mass is 9.80. The van der Waals surface area contributed by atoms with Crippen molar-refractivity contribution in [2.75, 3.05) is 39.4 Å². The van der Waals surface area contributed by atoms with Crippen LogP contribution < -0.4 is 0 Å². The highest BCUT2D eigenvalue weighted by atomic mass is 19.1. The van der Waals surface area contributed by atoms with Crippen LogP contribution in [0.3, 0.4) is 0 Å². The van der Waals surface area contributed by atoms with Crippen LogP contribution in [0.1, 0.15) is 39.5 Å². The van der Waals surface area contributed by atoms with Gasteiger partial charge in [-0.05, 0) is 66.5 Å². The zero-order valence-electron chi connectivity index (χ0n) is 18.1. The van der Waals surface area contributed by atoms with E-state index >= 15 is 0 Å². The molecular weight excluding hydrogens is 381 g/mol. The first-order valence-corrected chi connectivity index (χ1v) is 10.5. The van der Waals surface area contributed by atoms with Gasteiger partial charge in [-0.25, -0.2) is 9.18 Å². The molecule has 2 N–H and O–H groups in total. The predicted octanol–water partition coefficient (Wildman–Crippen LogP) is 0.836. The van der Waals surface area contributed by atoms with Gasteiger partial charge in [0.2, 0.25) is 5.67 Å². The summed E-state index contributed by atoms with van der Waals surface area (Å²) in [7, 11) is -0.991. The van der Waals surface area contributed by atoms with E-state index < -0.39 is 25.7 Å². The third kappa shape index (κ3) is 8.24. The maximum Gasteiger partial charge on any atom is 0.376 e. The fourth-order valence-electron chi connectivity index (χ4n) is 3.49. The summed E-state index contributed by atoms with van der Waals surface area (Å²) in [6.07, 6.45) is 1.78. The molecule has 2 heterocycles. The zero-order chi connectivity index (χ0) is 22.0. The van der Waals surface area contributed by atoms with E-state index in [0.29, 0.717) is 19.7 Å². The highest BCUT2D eigenvalue weighted by Crippen LogP contribution is 2.28. The minimum atomic E-state index is -1.86. The van der Waals surface area contributed by atoms with Crippen LogP contribution in [0, 0.1) is 5.92 Å². The fourth-order valence-corrected chi connectivity index (χ4v) is 3.49. The second-order valence-corrected chi connectivity index (χ2v) is 7.55. The second-order valence-electron chi connectivity index (χ2n) is 7.55. The Kier molecular flexibility index (Phi) is 11.2. The van der Waals surface area contributed by atoms with Crippen LogP contribution in [0.25, 0.3) is 0 Å². The van der Waals surface area contributed by atoms with Gasteiger partial charge in [0, 0.05) is 12.8 Å². The molecule has 2 saturated heterocycles. The number of alkyl halides is 1. The lowest BCUT2D eigenvalue weighted by Gasteiger charge is -2.35. The van der Waals surface area contributed by atoms with E-state index in [4.69, 9.17) is 4.74 Å². The van der Waals surface area contributed by atoms with Crippen molar-refractivity contribution in [1.82, 2.24) is 9.62 Å². The van der Waals surface area contributed by atoms with Gasteiger partial charge < -0.3 is 29.1 Å². The van der Waals surface area contributed by atoms with Gasteiger partial charge in [0.05, 0.1) is 19.1 Å². The molecule has 11 heteroatoms. The Labute approximate surface area is 174 Å². The van der Waals surface area contributed by atoms with Gasteiger partial charge in [0.1, 0.15) is 0 Å². The van der Waals surface area contributed by atoms with E-state index in [1.54, 1.807) is 25.4 Å². The molecule has 2 rings (SSSR count). The van der Waals surface area contributed by atoms with E-state index in [-0.39, 0.29) is 31.3 Å². The Morgan fingerprint density at radius 3 is 1.83 bits per heavy atom. The number of carbonyl (C=O) groups is 2. The molecule has 0 aromatic heterocycles. The summed E-state index contributed by atoms with van der Waals surface area (Å²) >= 11 is 0. The lowest BCUT2D eigenvalue weighted by Crippen LogP contribution is -2.51. The van der Waals surface area contributed by atoms with E-state index in [2.05, 4.69) is 4.74 Å². The number of nitrogens with zero attached hydrogens (tertiary/aromatic N) is 2. The maximum atomic E-state index is 14.0. The van der Waals surface area contributed by atoms with Crippen molar-refractivity contribution in [3.05, 3.63) is 0 Å². The summed E-state index contributed by atoms with van der Waals surface area (Å²) in [6.45, 7) is 9.84. The number of hydrogen-bond donors (Lipinski definition) is 2. The molecule has 166 valence electrons. The molecule has 29 heavy (non-hydrogen) atoms. The maximum absolute atomic E-state index is 14.0. The summed E-state index contributed by atoms with van der Waals surface area (Å²) in [5, 5.41) is 18.6. The molecule has 0 aromatic carbocycles.